The normalized spacial score (nSPS) is 12.0. The molecule has 1 amide bonds. The van der Waals surface area contributed by atoms with Crippen LogP contribution >= 0.6 is 0 Å². The van der Waals surface area contributed by atoms with Crippen LogP contribution in [0, 0.1) is 0 Å². The molecule has 158 valence electrons. The Balaban J connectivity index is 2.50. The summed E-state index contributed by atoms with van der Waals surface area (Å²) in [5.41, 5.74) is 2.00. The van der Waals surface area contributed by atoms with E-state index in [1.165, 1.54) is 0 Å². The summed E-state index contributed by atoms with van der Waals surface area (Å²) in [5, 5.41) is 18.9. The van der Waals surface area contributed by atoms with Crippen LogP contribution < -0.4 is 0 Å². The van der Waals surface area contributed by atoms with E-state index in [-0.39, 0.29) is 12.3 Å². The van der Waals surface area contributed by atoms with Crippen molar-refractivity contribution in [1.29, 1.82) is 0 Å². The second kappa shape index (κ2) is 14.2. The van der Waals surface area contributed by atoms with E-state index in [1.54, 1.807) is 0 Å². The monoisotopic (exact) mass is 391 g/mol. The van der Waals surface area contributed by atoms with Crippen LogP contribution in [0.25, 0.3) is 0 Å². The number of amides is 1. The first-order valence-electron chi connectivity index (χ1n) is 10.7. The Morgan fingerprint density at radius 3 is 2.25 bits per heavy atom. The van der Waals surface area contributed by atoms with E-state index in [0.29, 0.717) is 25.9 Å². The van der Waals surface area contributed by atoms with Crippen molar-refractivity contribution < 1.29 is 19.8 Å². The van der Waals surface area contributed by atoms with Crippen LogP contribution in [-0.2, 0) is 16.1 Å². The lowest BCUT2D eigenvalue weighted by Gasteiger charge is -2.23. The van der Waals surface area contributed by atoms with Crippen LogP contribution in [0.3, 0.4) is 0 Å². The quantitative estimate of drug-likeness (QED) is 0.409. The average molecular weight is 392 g/mol. The Morgan fingerprint density at radius 1 is 0.964 bits per heavy atom. The van der Waals surface area contributed by atoms with E-state index in [4.69, 9.17) is 5.11 Å². The first-order valence-corrected chi connectivity index (χ1v) is 10.7. The third kappa shape index (κ3) is 9.88. The molecule has 0 aromatic heterocycles. The average Bonchev–Trinajstić information content (AvgIpc) is 2.69. The molecule has 5 heteroatoms. The fourth-order valence-corrected chi connectivity index (χ4v) is 3.27. The largest absolute Gasteiger partial charge is 0.481 e. The molecule has 1 atom stereocenters. The second-order valence-electron chi connectivity index (χ2n) is 7.48. The molecule has 0 saturated heterocycles. The third-order valence-corrected chi connectivity index (χ3v) is 5.04. The fraction of sp³-hybridized carbons (Fsp3) is 0.652. The van der Waals surface area contributed by atoms with Gasteiger partial charge in [0.15, 0.2) is 0 Å². The van der Waals surface area contributed by atoms with Crippen molar-refractivity contribution in [2.24, 2.45) is 0 Å². The predicted octanol–water partition coefficient (Wildman–Crippen LogP) is 5.07. The molecule has 28 heavy (non-hydrogen) atoms. The van der Waals surface area contributed by atoms with Crippen molar-refractivity contribution >= 4 is 11.9 Å². The summed E-state index contributed by atoms with van der Waals surface area (Å²) in [6.07, 6.45) is 7.78. The number of carboxylic acids is 1. The predicted molar refractivity (Wildman–Crippen MR) is 112 cm³/mol. The molecule has 1 rings (SSSR count). The van der Waals surface area contributed by atoms with Crippen LogP contribution in [-0.4, -0.2) is 33.5 Å². The molecule has 0 aliphatic heterocycles. The van der Waals surface area contributed by atoms with Crippen LogP contribution in [0.15, 0.2) is 24.3 Å². The first kappa shape index (κ1) is 24.2. The van der Waals surface area contributed by atoms with Gasteiger partial charge in [0, 0.05) is 25.9 Å². The lowest BCUT2D eigenvalue weighted by atomic mass is 10.0. The summed E-state index contributed by atoms with van der Waals surface area (Å²) in [7, 11) is 0. The van der Waals surface area contributed by atoms with Gasteiger partial charge in [-0.3, -0.25) is 9.59 Å². The molecule has 0 aliphatic rings. The Labute approximate surface area is 169 Å². The number of carboxylic acid groups (broad SMARTS) is 1. The number of aliphatic hydroxyl groups excluding tert-OH is 1. The number of nitrogens with zero attached hydrogens (tertiary/aromatic N) is 1. The van der Waals surface area contributed by atoms with Gasteiger partial charge in [0.2, 0.25) is 5.91 Å². The van der Waals surface area contributed by atoms with Gasteiger partial charge in [-0.2, -0.15) is 0 Å². The molecule has 0 aliphatic carbocycles. The lowest BCUT2D eigenvalue weighted by Crippen LogP contribution is -2.30. The van der Waals surface area contributed by atoms with E-state index in [9.17, 15) is 14.7 Å². The van der Waals surface area contributed by atoms with Gasteiger partial charge < -0.3 is 15.1 Å². The molecular weight excluding hydrogens is 354 g/mol. The van der Waals surface area contributed by atoms with Gasteiger partial charge in [-0.25, -0.2) is 0 Å². The number of hydrogen-bond donors (Lipinski definition) is 2. The topological polar surface area (TPSA) is 77.8 Å². The van der Waals surface area contributed by atoms with E-state index in [0.717, 1.165) is 56.1 Å². The van der Waals surface area contributed by atoms with Crippen LogP contribution in [0.5, 0.6) is 0 Å². The molecular formula is C23H37NO4. The number of benzene rings is 1. The highest BCUT2D eigenvalue weighted by Gasteiger charge is 2.13. The molecule has 0 spiro atoms. The smallest absolute Gasteiger partial charge is 0.303 e. The van der Waals surface area contributed by atoms with Crippen LogP contribution in [0.1, 0.15) is 95.3 Å². The van der Waals surface area contributed by atoms with Gasteiger partial charge in [-0.15, -0.1) is 0 Å². The molecule has 0 fully saturated rings. The third-order valence-electron chi connectivity index (χ3n) is 5.04. The standard InChI is InChI=1S/C23H37NO4/c1-3-5-8-11-21(25)20-15-13-19(14-16-20)18-24(22(26)4-2)17-10-7-6-9-12-23(27)28/h13-16,21,25H,3-12,17-18H2,1-2H3,(H,27,28). The van der Waals surface area contributed by atoms with E-state index in [1.807, 2.05) is 36.1 Å². The van der Waals surface area contributed by atoms with Gasteiger partial charge in [0.05, 0.1) is 6.10 Å². The summed E-state index contributed by atoms with van der Waals surface area (Å²) in [6.45, 7) is 5.30. The number of hydrogen-bond acceptors (Lipinski definition) is 3. The number of carbonyl (C=O) groups is 2. The summed E-state index contributed by atoms with van der Waals surface area (Å²) >= 11 is 0. The highest BCUT2D eigenvalue weighted by Crippen LogP contribution is 2.21. The van der Waals surface area contributed by atoms with E-state index >= 15 is 0 Å². The molecule has 1 unspecified atom stereocenters. The van der Waals surface area contributed by atoms with Crippen molar-refractivity contribution in [3.8, 4) is 0 Å². The molecule has 1 aromatic carbocycles. The van der Waals surface area contributed by atoms with Crippen molar-refractivity contribution in [2.45, 2.75) is 90.7 Å². The summed E-state index contributed by atoms with van der Waals surface area (Å²) in [6, 6.07) is 7.93. The number of aliphatic hydroxyl groups is 1. The highest BCUT2D eigenvalue weighted by molar-refractivity contribution is 5.75. The number of aliphatic carboxylic acids is 1. The minimum absolute atomic E-state index is 0.134. The summed E-state index contributed by atoms with van der Waals surface area (Å²) < 4.78 is 0. The van der Waals surface area contributed by atoms with Gasteiger partial charge in [-0.05, 0) is 30.4 Å². The maximum atomic E-state index is 12.3. The minimum Gasteiger partial charge on any atom is -0.481 e. The summed E-state index contributed by atoms with van der Waals surface area (Å²) in [4.78, 5) is 24.7. The van der Waals surface area contributed by atoms with Crippen molar-refractivity contribution in [3.63, 3.8) is 0 Å². The molecule has 0 saturated carbocycles. The van der Waals surface area contributed by atoms with Crippen LogP contribution in [0.2, 0.25) is 0 Å². The number of unbranched alkanes of at least 4 members (excludes halogenated alkanes) is 5. The molecule has 2 N–H and O–H groups in total. The Kier molecular flexibility index (Phi) is 12.2. The van der Waals surface area contributed by atoms with E-state index in [2.05, 4.69) is 6.92 Å². The van der Waals surface area contributed by atoms with Crippen molar-refractivity contribution in [3.05, 3.63) is 35.4 Å². The van der Waals surface area contributed by atoms with Gasteiger partial charge in [0.25, 0.3) is 0 Å². The highest BCUT2D eigenvalue weighted by atomic mass is 16.4. The van der Waals surface area contributed by atoms with E-state index < -0.39 is 12.1 Å². The zero-order chi connectivity index (χ0) is 20.8. The SMILES string of the molecule is CCCCCC(O)c1ccc(CN(CCCCCCC(=O)O)C(=O)CC)cc1. The Bertz CT molecular complexity index is 570. The van der Waals surface area contributed by atoms with Crippen molar-refractivity contribution in [1.82, 2.24) is 4.90 Å². The zero-order valence-electron chi connectivity index (χ0n) is 17.5. The number of rotatable bonds is 15. The minimum atomic E-state index is -0.748. The van der Waals surface area contributed by atoms with Gasteiger partial charge in [-0.1, -0.05) is 70.2 Å². The fourth-order valence-electron chi connectivity index (χ4n) is 3.27. The molecule has 0 heterocycles. The van der Waals surface area contributed by atoms with Gasteiger partial charge >= 0.3 is 5.97 Å². The molecule has 0 bridgehead atoms. The lowest BCUT2D eigenvalue weighted by molar-refractivity contribution is -0.137. The second-order valence-corrected chi connectivity index (χ2v) is 7.48. The molecule has 1 aromatic rings. The maximum Gasteiger partial charge on any atom is 0.303 e. The number of carbonyl (C=O) groups excluding carboxylic acids is 1. The molecule has 0 radical (unpaired) electrons. The summed E-state index contributed by atoms with van der Waals surface area (Å²) in [5.74, 6) is -0.615. The zero-order valence-corrected chi connectivity index (χ0v) is 17.5. The van der Waals surface area contributed by atoms with Gasteiger partial charge in [0.1, 0.15) is 0 Å². The Morgan fingerprint density at radius 2 is 1.64 bits per heavy atom. The molecule has 5 nitrogen and oxygen atoms in total. The Hall–Kier alpha value is -1.88. The van der Waals surface area contributed by atoms with Crippen LogP contribution in [0.4, 0.5) is 0 Å². The van der Waals surface area contributed by atoms with Crippen molar-refractivity contribution in [2.75, 3.05) is 6.54 Å². The first-order chi connectivity index (χ1) is 13.5. The maximum absolute atomic E-state index is 12.3.